The Morgan fingerprint density at radius 2 is 1.18 bits per heavy atom. The lowest BCUT2D eigenvalue weighted by atomic mass is 9.87. The number of benzene rings is 6. The minimum Gasteiger partial charge on any atom is -0.503 e. The van der Waals surface area contributed by atoms with Crippen LogP contribution in [0.2, 0.25) is 0 Å². The van der Waals surface area contributed by atoms with E-state index >= 15 is 0 Å². The summed E-state index contributed by atoms with van der Waals surface area (Å²) in [6.07, 6.45) is 0. The number of nitrogens with zero attached hydrogens (tertiary/aromatic N) is 6. The van der Waals surface area contributed by atoms with E-state index < -0.39 is 14.5 Å². The summed E-state index contributed by atoms with van der Waals surface area (Å²) >= 11 is 1.40. The molecule has 0 aliphatic carbocycles. The normalized spacial score (nSPS) is 13.8. The zero-order chi connectivity index (χ0) is 52.4. The molecule has 374 valence electrons. The van der Waals surface area contributed by atoms with Crippen LogP contribution in [0, 0.1) is 29.7 Å². The predicted octanol–water partition coefficient (Wildman–Crippen LogP) is 12.3. The van der Waals surface area contributed by atoms with Gasteiger partial charge in [-0.05, 0) is 95.6 Å². The molecule has 4 aromatic heterocycles. The molecule has 0 amide bonds. The summed E-state index contributed by atoms with van der Waals surface area (Å²) < 4.78 is 51.8. The summed E-state index contributed by atoms with van der Waals surface area (Å²) in [6, 6.07) is 46.9. The molecule has 0 saturated heterocycles. The highest BCUT2D eigenvalue weighted by molar-refractivity contribution is 7.19. The molecule has 0 N–H and O–H groups in total. The van der Waals surface area contributed by atoms with Gasteiger partial charge in [0.15, 0.2) is 5.58 Å². The van der Waals surface area contributed by atoms with Crippen molar-refractivity contribution in [2.24, 2.45) is 11.8 Å². The van der Waals surface area contributed by atoms with Gasteiger partial charge in [-0.15, -0.1) is 11.3 Å². The van der Waals surface area contributed by atoms with Crippen LogP contribution in [0.4, 0.5) is 0 Å². The summed E-state index contributed by atoms with van der Waals surface area (Å²) in [5.74, 6) is 3.78. The van der Waals surface area contributed by atoms with Gasteiger partial charge in [-0.3, -0.25) is 0 Å². The molecule has 0 fully saturated rings. The Morgan fingerprint density at radius 1 is 0.658 bits per heavy atom. The predicted molar refractivity (Wildman–Crippen MR) is 298 cm³/mol. The smallest absolute Gasteiger partial charge is 0.503 e. The molecule has 6 heterocycles. The minimum atomic E-state index is -1.21. The lowest BCUT2D eigenvalue weighted by Gasteiger charge is -2.18. The lowest BCUT2D eigenvalue weighted by molar-refractivity contribution is 0.271. The molecule has 13 nitrogen and oxygen atoms in total. The first-order valence-electron chi connectivity index (χ1n) is 25.3. The Morgan fingerprint density at radius 3 is 1.70 bits per heavy atom. The summed E-state index contributed by atoms with van der Waals surface area (Å²) in [7, 11) is -2.41. The van der Waals surface area contributed by atoms with Gasteiger partial charge in [0.1, 0.15) is 56.7 Å². The average molecular weight is 1020 g/mol. The highest BCUT2D eigenvalue weighted by Gasteiger charge is 2.45. The zero-order valence-electron chi connectivity index (χ0n) is 43.0. The van der Waals surface area contributed by atoms with Gasteiger partial charge in [0.25, 0.3) is 5.70 Å². The van der Waals surface area contributed by atoms with E-state index in [9.17, 15) is 11.8 Å². The number of aromatic nitrogens is 4. The zero-order valence-corrected chi connectivity index (χ0v) is 43.8. The fraction of sp³-hybridized carbons (Fsp3) is 0.200. The van der Waals surface area contributed by atoms with E-state index in [1.54, 1.807) is 0 Å². The average Bonchev–Trinajstić information content (AvgIpc) is 4.45. The molecule has 16 heteroatoms. The maximum atomic E-state index is 11.9. The van der Waals surface area contributed by atoms with Gasteiger partial charge in [0.2, 0.25) is 5.89 Å². The SMILES string of the molecule is [C-]#[N+]/C(c1nc2cc(C(C)(C)C)ccc2o1)=c1\c2c(-c3cccc(OCC(C)C)c3)n(B3Oc4ccccc4O3)/c(=C(/C#N)c3nc4ccccc4s3)c2c(-c2cccc(OCC(C)C)c2)n1B1Oc2ccccc2O1. The Bertz CT molecular complexity index is 4020. The van der Waals surface area contributed by atoms with Crippen molar-refractivity contribution in [2.45, 2.75) is 53.9 Å². The van der Waals surface area contributed by atoms with E-state index in [2.05, 4.69) is 59.4 Å². The fourth-order valence-corrected chi connectivity index (χ4v) is 10.7. The van der Waals surface area contributed by atoms with Crippen molar-refractivity contribution in [3.63, 3.8) is 0 Å². The quantitative estimate of drug-likeness (QED) is 0.0860. The molecule has 0 radical (unpaired) electrons. The van der Waals surface area contributed by atoms with E-state index in [1.165, 1.54) is 11.3 Å². The maximum absolute atomic E-state index is 11.9. The number of thiazole rings is 1. The Labute approximate surface area is 443 Å². The van der Waals surface area contributed by atoms with Crippen LogP contribution in [-0.2, 0) is 5.41 Å². The van der Waals surface area contributed by atoms with Crippen LogP contribution >= 0.6 is 11.3 Å². The Balaban J connectivity index is 1.33. The Hall–Kier alpha value is -8.85. The molecule has 2 aliphatic heterocycles. The molecule has 0 spiro atoms. The van der Waals surface area contributed by atoms with Crippen molar-refractivity contribution in [1.29, 1.82) is 5.26 Å². The third-order valence-corrected chi connectivity index (χ3v) is 14.3. The van der Waals surface area contributed by atoms with E-state index in [4.69, 9.17) is 42.5 Å². The van der Waals surface area contributed by atoms with Gasteiger partial charge < -0.3 is 41.5 Å². The molecule has 6 aromatic carbocycles. The standard InChI is InChI=1S/C60H50B2N6O7S/c1-35(2)33-69-40-19-15-17-37(29-40)54-51-52(57(68(54)62-74-48-24-12-13-25-49(48)75-62)53(64-8)58-65-44-31-39(60(5,6)7)27-28-45(44)71-58)55(38-18-16-20-41(30-38)70-34-36(3)4)67(61-72-46-22-10-11-23-47(46)73-61)56(51)42(32-63)59-66-43-21-9-14-26-50(43)76-59/h9-31,35-36H,33-34H2,1-7H3/b56-42-,57-53+. The maximum Gasteiger partial charge on any atom is 0.743 e. The van der Waals surface area contributed by atoms with Gasteiger partial charge in [0, 0.05) is 21.9 Å². The van der Waals surface area contributed by atoms with E-state index in [0.29, 0.717) is 108 Å². The van der Waals surface area contributed by atoms with Crippen LogP contribution in [-0.4, -0.2) is 46.6 Å². The number of fused-ring (bicyclic) bond motifs is 5. The second kappa shape index (κ2) is 19.1. The summed E-state index contributed by atoms with van der Waals surface area (Å²) in [4.78, 5) is 14.7. The summed E-state index contributed by atoms with van der Waals surface area (Å²) in [5, 5.41) is 14.2. The number of oxazole rings is 1. The number of hydrogen-bond acceptors (Lipinski definition) is 11. The van der Waals surface area contributed by atoms with Crippen molar-refractivity contribution in [2.75, 3.05) is 13.2 Å². The monoisotopic (exact) mass is 1020 g/mol. The van der Waals surface area contributed by atoms with Crippen LogP contribution in [0.3, 0.4) is 0 Å². The van der Waals surface area contributed by atoms with Crippen molar-refractivity contribution < 1.29 is 32.5 Å². The molecule has 0 bridgehead atoms. The fourth-order valence-electron chi connectivity index (χ4n) is 9.72. The van der Waals surface area contributed by atoms with E-state index in [0.717, 1.165) is 15.8 Å². The molecule has 12 rings (SSSR count). The first-order valence-corrected chi connectivity index (χ1v) is 26.1. The highest BCUT2D eigenvalue weighted by Crippen LogP contribution is 2.43. The lowest BCUT2D eigenvalue weighted by Crippen LogP contribution is -2.44. The van der Waals surface area contributed by atoms with Crippen LogP contribution in [0.25, 0.3) is 70.7 Å². The second-order valence-electron chi connectivity index (χ2n) is 20.7. The van der Waals surface area contributed by atoms with Crippen LogP contribution < -0.4 is 38.8 Å². The van der Waals surface area contributed by atoms with Gasteiger partial charge in [-0.25, -0.2) is 14.8 Å². The number of hydrogen-bond donors (Lipinski definition) is 0. The first-order chi connectivity index (χ1) is 36.8. The molecule has 0 saturated carbocycles. The number of para-hydroxylation sites is 5. The van der Waals surface area contributed by atoms with Crippen molar-refractivity contribution in [3.05, 3.63) is 178 Å². The second-order valence-corrected chi connectivity index (χ2v) is 21.7. The van der Waals surface area contributed by atoms with Crippen molar-refractivity contribution in [1.82, 2.24) is 18.9 Å². The van der Waals surface area contributed by atoms with Crippen molar-refractivity contribution >= 4 is 69.2 Å². The highest BCUT2D eigenvalue weighted by atomic mass is 32.1. The molecule has 0 atom stereocenters. The van der Waals surface area contributed by atoms with Crippen LogP contribution in [0.15, 0.2) is 144 Å². The molecule has 2 aliphatic rings. The number of ether oxygens (including phenoxy) is 2. The van der Waals surface area contributed by atoms with Crippen molar-refractivity contribution in [3.8, 4) is 63.1 Å². The topological polar surface area (TPSA) is 132 Å². The molecule has 10 aromatic rings. The third kappa shape index (κ3) is 8.54. The molecular weight excluding hydrogens is 970 g/mol. The number of nitriles is 1. The number of rotatable bonds is 12. The largest absolute Gasteiger partial charge is 0.743 e. The van der Waals surface area contributed by atoms with E-state index in [1.807, 2.05) is 148 Å². The van der Waals surface area contributed by atoms with Gasteiger partial charge in [-0.1, -0.05) is 115 Å². The Kier molecular flexibility index (Phi) is 12.1. The minimum absolute atomic E-state index is 0.0485. The van der Waals surface area contributed by atoms with Gasteiger partial charge in [0.05, 0.1) is 52.1 Å². The van der Waals surface area contributed by atoms with Crippen LogP contribution in [0.5, 0.6) is 34.5 Å². The van der Waals surface area contributed by atoms with Crippen LogP contribution in [0.1, 0.15) is 64.9 Å². The third-order valence-electron chi connectivity index (χ3n) is 13.2. The first kappa shape index (κ1) is 48.1. The summed E-state index contributed by atoms with van der Waals surface area (Å²) in [6.45, 7) is 25.1. The summed E-state index contributed by atoms with van der Waals surface area (Å²) in [5.41, 5.74) is 5.32. The molecular formula is C60H50B2N6O7S. The van der Waals surface area contributed by atoms with Gasteiger partial charge in [-0.2, -0.15) is 5.26 Å². The van der Waals surface area contributed by atoms with Gasteiger partial charge >= 0.3 is 14.5 Å². The molecule has 76 heavy (non-hydrogen) atoms. The van der Waals surface area contributed by atoms with E-state index in [-0.39, 0.29) is 34.4 Å². The molecule has 0 unspecified atom stereocenters.